The van der Waals surface area contributed by atoms with Gasteiger partial charge in [0.25, 0.3) is 5.91 Å². The molecule has 1 aromatic rings. The van der Waals surface area contributed by atoms with E-state index in [0.29, 0.717) is 0 Å². The number of hydrogen-bond acceptors (Lipinski definition) is 4. The van der Waals surface area contributed by atoms with Gasteiger partial charge in [-0.1, -0.05) is 0 Å². The van der Waals surface area contributed by atoms with Gasteiger partial charge in [-0.2, -0.15) is 0 Å². The Morgan fingerprint density at radius 2 is 2.06 bits per heavy atom. The van der Waals surface area contributed by atoms with Crippen LogP contribution in [0.25, 0.3) is 0 Å². The number of aromatic nitrogens is 1. The van der Waals surface area contributed by atoms with E-state index in [9.17, 15) is 9.59 Å². The molecule has 0 radical (unpaired) electrons. The molecule has 1 amide bonds. The van der Waals surface area contributed by atoms with Crippen molar-refractivity contribution in [1.82, 2.24) is 9.58 Å². The summed E-state index contributed by atoms with van der Waals surface area (Å²) in [7, 11) is 0. The van der Waals surface area contributed by atoms with Gasteiger partial charge in [-0.25, -0.2) is 0 Å². The Balaban J connectivity index is 2.10. The number of nitrogens with two attached hydrogens (primary N) is 1. The monoisotopic (exact) mass is 248 g/mol. The number of hydrogen-bond donors (Lipinski definition) is 1. The SMILES string of the molecule is NC(=O)c1cn2c(cc1=O)CN1CCCCN2C1. The van der Waals surface area contributed by atoms with Crippen molar-refractivity contribution in [1.29, 1.82) is 0 Å². The van der Waals surface area contributed by atoms with E-state index in [-0.39, 0.29) is 11.0 Å². The first-order valence-corrected chi connectivity index (χ1v) is 6.18. The number of nitrogens with zero attached hydrogens (tertiary/aromatic N) is 3. The molecule has 1 atom stereocenters. The topological polar surface area (TPSA) is 71.6 Å². The summed E-state index contributed by atoms with van der Waals surface area (Å²) >= 11 is 0. The van der Waals surface area contributed by atoms with E-state index in [1.54, 1.807) is 6.20 Å². The van der Waals surface area contributed by atoms with Crippen LogP contribution in [0.2, 0.25) is 0 Å². The van der Waals surface area contributed by atoms with Crippen LogP contribution in [-0.2, 0) is 6.54 Å². The molecule has 2 aliphatic rings. The number of fused-ring (bicyclic) bond motifs is 4. The third-order valence-corrected chi connectivity index (χ3v) is 3.57. The fourth-order valence-electron chi connectivity index (χ4n) is 2.67. The maximum atomic E-state index is 11.8. The van der Waals surface area contributed by atoms with Crippen molar-refractivity contribution in [3.05, 3.63) is 33.7 Å². The van der Waals surface area contributed by atoms with Crippen LogP contribution in [0.3, 0.4) is 0 Å². The molecule has 1 unspecified atom stereocenters. The zero-order valence-electron chi connectivity index (χ0n) is 10.1. The van der Waals surface area contributed by atoms with Gasteiger partial charge in [-0.05, 0) is 12.8 Å². The van der Waals surface area contributed by atoms with Crippen molar-refractivity contribution < 1.29 is 4.79 Å². The van der Waals surface area contributed by atoms with E-state index in [2.05, 4.69) is 9.91 Å². The van der Waals surface area contributed by atoms with Crippen LogP contribution < -0.4 is 16.2 Å². The summed E-state index contributed by atoms with van der Waals surface area (Å²) in [6.07, 6.45) is 3.87. The summed E-state index contributed by atoms with van der Waals surface area (Å²) < 4.78 is 1.92. The van der Waals surface area contributed by atoms with Gasteiger partial charge in [0.15, 0.2) is 5.43 Å². The Morgan fingerprint density at radius 3 is 2.83 bits per heavy atom. The molecule has 3 heterocycles. The summed E-state index contributed by atoms with van der Waals surface area (Å²) in [6.45, 7) is 3.59. The smallest absolute Gasteiger partial charge is 0.254 e. The lowest BCUT2D eigenvalue weighted by molar-refractivity contribution is 0.0998. The normalized spacial score (nSPS) is 22.2. The average molecular weight is 248 g/mol. The molecular formula is C12H16N4O2. The summed E-state index contributed by atoms with van der Waals surface area (Å²) in [5.41, 5.74) is 5.94. The van der Waals surface area contributed by atoms with Gasteiger partial charge in [-0.3, -0.25) is 24.2 Å². The maximum Gasteiger partial charge on any atom is 0.254 e. The zero-order chi connectivity index (χ0) is 12.7. The Bertz CT molecular complexity index is 551. The second-order valence-electron chi connectivity index (χ2n) is 4.88. The number of rotatable bonds is 1. The molecule has 0 aliphatic carbocycles. The van der Waals surface area contributed by atoms with E-state index < -0.39 is 5.91 Å². The molecule has 6 nitrogen and oxygen atoms in total. The van der Waals surface area contributed by atoms with E-state index in [1.807, 2.05) is 4.68 Å². The van der Waals surface area contributed by atoms with Gasteiger partial charge >= 0.3 is 0 Å². The lowest BCUT2D eigenvalue weighted by atomic mass is 10.2. The van der Waals surface area contributed by atoms with Gasteiger partial charge in [0, 0.05) is 31.9 Å². The van der Waals surface area contributed by atoms with Gasteiger partial charge in [0.05, 0.1) is 12.4 Å². The lowest BCUT2D eigenvalue weighted by Crippen LogP contribution is -2.49. The Labute approximate surface area is 105 Å². The predicted octanol–water partition coefficient (Wildman–Crippen LogP) is -0.548. The molecular weight excluding hydrogens is 232 g/mol. The first-order valence-electron chi connectivity index (χ1n) is 6.18. The molecule has 6 heteroatoms. The Morgan fingerprint density at radius 1 is 1.28 bits per heavy atom. The second kappa shape index (κ2) is 4.13. The predicted molar refractivity (Wildman–Crippen MR) is 66.8 cm³/mol. The third kappa shape index (κ3) is 1.78. The highest BCUT2D eigenvalue weighted by atomic mass is 16.2. The van der Waals surface area contributed by atoms with Gasteiger partial charge < -0.3 is 5.73 Å². The van der Waals surface area contributed by atoms with E-state index in [0.717, 1.165) is 44.8 Å². The Hall–Kier alpha value is -1.82. The fourth-order valence-corrected chi connectivity index (χ4v) is 2.67. The standard InChI is InChI=1S/C12H16N4O2/c13-12(18)10-7-16-9(5-11(10)17)6-14-3-1-2-4-15(16)8-14/h5,7H,1-4,6,8H2,(H2,13,18). The molecule has 1 aromatic heterocycles. The number of primary amides is 1. The molecule has 1 fully saturated rings. The molecule has 1 saturated heterocycles. The van der Waals surface area contributed by atoms with Crippen molar-refractivity contribution >= 4 is 5.91 Å². The van der Waals surface area contributed by atoms with Crippen molar-refractivity contribution in [2.45, 2.75) is 19.4 Å². The van der Waals surface area contributed by atoms with Crippen LogP contribution in [-0.4, -0.2) is 35.2 Å². The molecule has 2 bridgehead atoms. The number of carbonyl (C=O) groups excluding carboxylic acids is 1. The molecule has 3 rings (SSSR count). The summed E-state index contributed by atoms with van der Waals surface area (Å²) in [6, 6.07) is 1.53. The van der Waals surface area contributed by atoms with Crippen molar-refractivity contribution in [3.8, 4) is 0 Å². The van der Waals surface area contributed by atoms with Crippen LogP contribution in [0.5, 0.6) is 0 Å². The highest BCUT2D eigenvalue weighted by Gasteiger charge is 2.25. The van der Waals surface area contributed by atoms with E-state index >= 15 is 0 Å². The van der Waals surface area contributed by atoms with Crippen molar-refractivity contribution in [2.24, 2.45) is 5.73 Å². The summed E-state index contributed by atoms with van der Waals surface area (Å²) in [4.78, 5) is 25.3. The zero-order valence-corrected chi connectivity index (χ0v) is 10.1. The Kier molecular flexibility index (Phi) is 2.59. The number of carbonyl (C=O) groups is 1. The molecule has 96 valence electrons. The maximum absolute atomic E-state index is 11.8. The first-order chi connectivity index (χ1) is 8.65. The minimum Gasteiger partial charge on any atom is -0.365 e. The van der Waals surface area contributed by atoms with E-state index in [1.165, 1.54) is 6.07 Å². The molecule has 2 N–H and O–H groups in total. The van der Waals surface area contributed by atoms with Crippen LogP contribution in [0, 0.1) is 0 Å². The van der Waals surface area contributed by atoms with Crippen LogP contribution in [0.15, 0.2) is 17.1 Å². The average Bonchev–Trinajstić information content (AvgIpc) is 2.51. The molecule has 18 heavy (non-hydrogen) atoms. The van der Waals surface area contributed by atoms with Crippen LogP contribution in [0.1, 0.15) is 28.9 Å². The summed E-state index contributed by atoms with van der Waals surface area (Å²) in [5, 5.41) is 2.15. The molecule has 2 aliphatic heterocycles. The van der Waals surface area contributed by atoms with Crippen LogP contribution >= 0.6 is 0 Å². The largest absolute Gasteiger partial charge is 0.365 e. The highest BCUT2D eigenvalue weighted by Crippen LogP contribution is 2.17. The fraction of sp³-hybridized carbons (Fsp3) is 0.500. The van der Waals surface area contributed by atoms with Gasteiger partial charge in [0.2, 0.25) is 0 Å². The van der Waals surface area contributed by atoms with Gasteiger partial charge in [-0.15, -0.1) is 0 Å². The van der Waals surface area contributed by atoms with Crippen LogP contribution in [0.4, 0.5) is 0 Å². The second-order valence-corrected chi connectivity index (χ2v) is 4.88. The molecule has 0 aromatic carbocycles. The van der Waals surface area contributed by atoms with E-state index in [4.69, 9.17) is 5.73 Å². The molecule has 0 spiro atoms. The minimum atomic E-state index is -0.660. The number of pyridine rings is 1. The van der Waals surface area contributed by atoms with Crippen molar-refractivity contribution in [3.63, 3.8) is 0 Å². The van der Waals surface area contributed by atoms with Gasteiger partial charge in [0.1, 0.15) is 5.56 Å². The van der Waals surface area contributed by atoms with Crippen molar-refractivity contribution in [2.75, 3.05) is 24.8 Å². The minimum absolute atomic E-state index is 0.0662. The summed E-state index contributed by atoms with van der Waals surface area (Å²) in [5.74, 6) is -0.660. The third-order valence-electron chi connectivity index (χ3n) is 3.57. The lowest BCUT2D eigenvalue weighted by Gasteiger charge is -2.38. The quantitative estimate of drug-likeness (QED) is 0.724. The number of amides is 1. The first kappa shape index (κ1) is 11.3. The molecule has 0 saturated carbocycles. The highest BCUT2D eigenvalue weighted by molar-refractivity contribution is 5.92.